The van der Waals surface area contributed by atoms with E-state index in [0.717, 1.165) is 10.6 Å². The summed E-state index contributed by atoms with van der Waals surface area (Å²) < 4.78 is 42.9. The van der Waals surface area contributed by atoms with E-state index in [1.165, 1.54) is 0 Å². The van der Waals surface area contributed by atoms with E-state index in [1.807, 2.05) is 43.4 Å². The second-order valence-electron chi connectivity index (χ2n) is 19.1. The molecule has 314 valence electrons. The molecule has 6 rings (SSSR count). The van der Waals surface area contributed by atoms with Crippen LogP contribution in [0.4, 0.5) is 0 Å². The average molecular weight is 842 g/mol. The number of β-lactam (4-membered cyclic amide) rings is 1. The van der Waals surface area contributed by atoms with Crippen molar-refractivity contribution >= 4 is 43.3 Å². The predicted molar refractivity (Wildman–Crippen MR) is 221 cm³/mol. The number of aliphatic hydroxyl groups is 1. The fraction of sp³-hybridized carbons (Fsp3) is 0.643. The number of hydrogen-bond donors (Lipinski definition) is 1. The van der Waals surface area contributed by atoms with Gasteiger partial charge in [0.2, 0.25) is 17.1 Å². The van der Waals surface area contributed by atoms with Crippen LogP contribution >= 0.6 is 0 Å². The van der Waals surface area contributed by atoms with E-state index < -0.39 is 90.0 Å². The number of amides is 1. The van der Waals surface area contributed by atoms with Crippen LogP contribution in [0, 0.1) is 0 Å². The van der Waals surface area contributed by atoms with Crippen LogP contribution in [0.2, 0.25) is 40.3 Å². The molecule has 1 aliphatic carbocycles. The molecule has 1 saturated carbocycles. The molecule has 0 aromatic heterocycles. The highest BCUT2D eigenvalue weighted by Gasteiger charge is 2.90. The number of ether oxygens (including phenoxy) is 2. The number of rotatable bonds is 12. The molecule has 3 heterocycles. The highest BCUT2D eigenvalue weighted by Crippen LogP contribution is 2.65. The van der Waals surface area contributed by atoms with Crippen LogP contribution in [0.25, 0.3) is 0 Å². The molecular weight excluding hydrogens is 779 g/mol. The average Bonchev–Trinajstić information content (AvgIpc) is 3.23. The zero-order chi connectivity index (χ0) is 42.1. The Labute approximate surface area is 341 Å². The fourth-order valence-corrected chi connectivity index (χ4v) is 21.7. The molecule has 2 aromatic carbocycles. The summed E-state index contributed by atoms with van der Waals surface area (Å²) in [6, 6.07) is 17.9. The Balaban J connectivity index is 1.66. The summed E-state index contributed by atoms with van der Waals surface area (Å²) in [6.07, 6.45) is -4.28. The summed E-state index contributed by atoms with van der Waals surface area (Å²) in [6.45, 7) is 26.3. The van der Waals surface area contributed by atoms with Gasteiger partial charge in [0.15, 0.2) is 8.32 Å². The first-order valence-corrected chi connectivity index (χ1v) is 27.2. The highest BCUT2D eigenvalue weighted by atomic mass is 28.5. The molecule has 15 heteroatoms. The maximum atomic E-state index is 15.1. The zero-order valence-corrected chi connectivity index (χ0v) is 38.9. The standard InChI is InChI=1S/C42H63NO11Si3/c1-27(2)56(28(3)4)51-34-35(52-57(54-56,29(5)6)30(7)8)41(24-33(44)43(41)49-25-31-20-16-14-17-21-31)42(47)37(53-55(12,13)39(9,10)11)40(34,50-38(42)46)26-48-36(45)32-22-18-15-19-23-32/h14-23,27-30,34-35,37,47H,24-26H2,1-13H3/t34-,35+,37?,40+,41?,42+/m0/s1. The monoisotopic (exact) mass is 841 g/mol. The lowest BCUT2D eigenvalue weighted by Gasteiger charge is -2.65. The first kappa shape index (κ1) is 43.8. The van der Waals surface area contributed by atoms with Crippen LogP contribution in [0.3, 0.4) is 0 Å². The molecule has 4 fully saturated rings. The maximum absolute atomic E-state index is 15.1. The van der Waals surface area contributed by atoms with Crippen molar-refractivity contribution in [3.63, 3.8) is 0 Å². The van der Waals surface area contributed by atoms with Crippen LogP contribution in [0.1, 0.15) is 98.5 Å². The zero-order valence-electron chi connectivity index (χ0n) is 35.9. The third-order valence-electron chi connectivity index (χ3n) is 13.3. The molecule has 2 bridgehead atoms. The lowest BCUT2D eigenvalue weighted by molar-refractivity contribution is -0.347. The lowest BCUT2D eigenvalue weighted by Crippen LogP contribution is -2.90. The first-order chi connectivity index (χ1) is 26.5. The number of esters is 2. The molecule has 1 spiro atoms. The van der Waals surface area contributed by atoms with Gasteiger partial charge in [-0.3, -0.25) is 9.63 Å². The molecule has 0 radical (unpaired) electrons. The minimum Gasteiger partial charge on any atom is -0.458 e. The van der Waals surface area contributed by atoms with Crippen LogP contribution in [-0.2, 0) is 47.9 Å². The van der Waals surface area contributed by atoms with Gasteiger partial charge in [-0.05, 0) is 58.0 Å². The predicted octanol–water partition coefficient (Wildman–Crippen LogP) is 7.70. The molecule has 2 unspecified atom stereocenters. The Kier molecular flexibility index (Phi) is 11.6. The van der Waals surface area contributed by atoms with Gasteiger partial charge in [0.25, 0.3) is 0 Å². The molecule has 4 aliphatic rings. The number of carbonyl (C=O) groups is 3. The van der Waals surface area contributed by atoms with Crippen molar-refractivity contribution in [1.29, 1.82) is 0 Å². The van der Waals surface area contributed by atoms with E-state index in [0.29, 0.717) is 5.56 Å². The van der Waals surface area contributed by atoms with Gasteiger partial charge in [0, 0.05) is 0 Å². The molecule has 57 heavy (non-hydrogen) atoms. The summed E-state index contributed by atoms with van der Waals surface area (Å²) in [4.78, 5) is 49.4. The Morgan fingerprint density at radius 1 is 0.860 bits per heavy atom. The molecule has 2 aromatic rings. The summed E-state index contributed by atoms with van der Waals surface area (Å²) in [5.41, 5.74) is -5.83. The van der Waals surface area contributed by atoms with Crippen LogP contribution in [-0.4, -0.2) is 95.1 Å². The lowest BCUT2D eigenvalue weighted by atomic mass is 9.56. The molecule has 12 nitrogen and oxygen atoms in total. The summed E-state index contributed by atoms with van der Waals surface area (Å²) >= 11 is 0. The van der Waals surface area contributed by atoms with Gasteiger partial charge in [-0.15, -0.1) is 0 Å². The van der Waals surface area contributed by atoms with Gasteiger partial charge in [-0.25, -0.2) is 14.7 Å². The Morgan fingerprint density at radius 3 is 1.86 bits per heavy atom. The van der Waals surface area contributed by atoms with Gasteiger partial charge in [-0.1, -0.05) is 125 Å². The maximum Gasteiger partial charge on any atom is 0.344 e. The van der Waals surface area contributed by atoms with Crippen molar-refractivity contribution in [2.24, 2.45) is 0 Å². The third kappa shape index (κ3) is 6.63. The minimum absolute atomic E-state index is 0.0323. The van der Waals surface area contributed by atoms with Crippen molar-refractivity contribution in [3.05, 3.63) is 71.8 Å². The summed E-state index contributed by atoms with van der Waals surface area (Å²) in [7, 11) is -9.86. The number of hydroxylamine groups is 2. The van der Waals surface area contributed by atoms with Crippen LogP contribution in [0.15, 0.2) is 60.7 Å². The van der Waals surface area contributed by atoms with E-state index in [2.05, 4.69) is 76.2 Å². The SMILES string of the molecule is CC(C)[Si]1(C(C)C)O[C@@H]2[C@H](O[Si](C(C)C)(C(C)C)O1)[C@@]1(COC(=O)c3ccccc3)OC(=O)[C@](O)(C1O[Si](C)(C)C(C)(C)C)C21CC(=O)N1OCc1ccccc1. The first-order valence-electron chi connectivity index (χ1n) is 20.4. The Hall–Kier alpha value is -2.74. The second kappa shape index (κ2) is 15.1. The van der Waals surface area contributed by atoms with Crippen molar-refractivity contribution < 1.29 is 51.2 Å². The molecule has 3 saturated heterocycles. The van der Waals surface area contributed by atoms with E-state index in [9.17, 15) is 14.7 Å². The number of carbonyl (C=O) groups excluding carboxylic acids is 3. The van der Waals surface area contributed by atoms with Crippen molar-refractivity contribution in [2.45, 2.75) is 165 Å². The molecule has 6 atom stereocenters. The van der Waals surface area contributed by atoms with Gasteiger partial charge in [0.1, 0.15) is 37.1 Å². The van der Waals surface area contributed by atoms with Gasteiger partial charge >= 0.3 is 29.1 Å². The molecule has 3 aliphatic heterocycles. The van der Waals surface area contributed by atoms with E-state index in [1.54, 1.807) is 30.3 Å². The van der Waals surface area contributed by atoms with Crippen molar-refractivity contribution in [2.75, 3.05) is 6.61 Å². The summed E-state index contributed by atoms with van der Waals surface area (Å²) in [5, 5.41) is 14.4. The van der Waals surface area contributed by atoms with Crippen molar-refractivity contribution in [1.82, 2.24) is 5.06 Å². The quantitative estimate of drug-likeness (QED) is 0.128. The summed E-state index contributed by atoms with van der Waals surface area (Å²) in [5.74, 6) is -2.12. The number of benzene rings is 2. The Morgan fingerprint density at radius 2 is 1.37 bits per heavy atom. The molecule has 1 amide bonds. The minimum atomic E-state index is -3.46. The number of fused-ring (bicyclic) bond motifs is 6. The fourth-order valence-electron chi connectivity index (χ4n) is 9.05. The largest absolute Gasteiger partial charge is 0.458 e. The van der Waals surface area contributed by atoms with Crippen molar-refractivity contribution in [3.8, 4) is 0 Å². The topological polar surface area (TPSA) is 139 Å². The normalized spacial score (nSPS) is 30.8. The van der Waals surface area contributed by atoms with E-state index >= 15 is 4.79 Å². The molecule has 1 N–H and O–H groups in total. The van der Waals surface area contributed by atoms with Crippen LogP contribution in [0.5, 0.6) is 0 Å². The molecular formula is C42H63NO11Si3. The van der Waals surface area contributed by atoms with Gasteiger partial charge in [0.05, 0.1) is 12.0 Å². The van der Waals surface area contributed by atoms with E-state index in [4.69, 9.17) is 31.7 Å². The smallest absolute Gasteiger partial charge is 0.344 e. The van der Waals surface area contributed by atoms with Gasteiger partial charge < -0.3 is 32.0 Å². The second-order valence-corrected chi connectivity index (χ2v) is 32.6. The number of hydrogen-bond acceptors (Lipinski definition) is 11. The highest BCUT2D eigenvalue weighted by molar-refractivity contribution is 6.84. The van der Waals surface area contributed by atoms with Gasteiger partial charge in [-0.2, -0.15) is 0 Å². The number of nitrogens with zero attached hydrogens (tertiary/aromatic N) is 1. The Bertz CT molecular complexity index is 1800. The van der Waals surface area contributed by atoms with Crippen LogP contribution < -0.4 is 0 Å². The third-order valence-corrected chi connectivity index (χ3v) is 28.0. The van der Waals surface area contributed by atoms with E-state index in [-0.39, 0.29) is 35.2 Å².